The molecule has 0 saturated carbocycles. The smallest absolute Gasteiger partial charge is 0.177 e. The molecule has 1 aromatic heterocycles. The van der Waals surface area contributed by atoms with E-state index in [1.807, 2.05) is 29.9 Å². The number of anilines is 1. The zero-order valence-corrected chi connectivity index (χ0v) is 12.3. The van der Waals surface area contributed by atoms with Gasteiger partial charge in [-0.15, -0.1) is 11.3 Å². The molecule has 2 aromatic rings. The highest BCUT2D eigenvalue weighted by Crippen LogP contribution is 2.34. The molecule has 3 rings (SSSR count). The van der Waals surface area contributed by atoms with Crippen molar-refractivity contribution in [3.05, 3.63) is 53.8 Å². The van der Waals surface area contributed by atoms with Gasteiger partial charge in [0.25, 0.3) is 0 Å². The zero-order chi connectivity index (χ0) is 13.8. The lowest BCUT2D eigenvalue weighted by Gasteiger charge is -2.21. The van der Waals surface area contributed by atoms with Crippen molar-refractivity contribution in [2.75, 3.05) is 4.90 Å². The lowest BCUT2D eigenvalue weighted by molar-refractivity contribution is 0.179. The fraction of sp³-hybridized carbons (Fsp3) is 0.312. The third kappa shape index (κ3) is 2.70. The van der Waals surface area contributed by atoms with Crippen molar-refractivity contribution in [3.8, 4) is 0 Å². The van der Waals surface area contributed by atoms with Crippen LogP contribution < -0.4 is 4.90 Å². The minimum absolute atomic E-state index is 0.0330. The molecule has 103 valence electrons. The summed E-state index contributed by atoms with van der Waals surface area (Å²) in [6.45, 7) is 2.20. The predicted molar refractivity (Wildman–Crippen MR) is 82.1 cm³/mol. The molecule has 1 aliphatic heterocycles. The zero-order valence-electron chi connectivity index (χ0n) is 11.5. The van der Waals surface area contributed by atoms with Gasteiger partial charge in [0, 0.05) is 12.0 Å². The van der Waals surface area contributed by atoms with Crippen LogP contribution in [-0.4, -0.2) is 11.2 Å². The second kappa shape index (κ2) is 6.09. The van der Waals surface area contributed by atoms with E-state index >= 15 is 0 Å². The second-order valence-electron chi connectivity index (χ2n) is 4.73. The van der Waals surface area contributed by atoms with Gasteiger partial charge >= 0.3 is 0 Å². The molecule has 0 bridgehead atoms. The molecule has 0 amide bonds. The molecule has 0 spiro atoms. The van der Waals surface area contributed by atoms with Crippen molar-refractivity contribution in [3.63, 3.8) is 0 Å². The molecule has 3 nitrogen and oxygen atoms in total. The molecule has 4 heteroatoms. The summed E-state index contributed by atoms with van der Waals surface area (Å²) in [4.78, 5) is 6.23. The first-order valence-corrected chi connectivity index (χ1v) is 7.80. The number of thiazole rings is 1. The number of rotatable bonds is 5. The van der Waals surface area contributed by atoms with Crippen molar-refractivity contribution in [1.29, 1.82) is 0 Å². The van der Waals surface area contributed by atoms with E-state index in [9.17, 15) is 0 Å². The van der Waals surface area contributed by atoms with Crippen LogP contribution in [0.1, 0.15) is 31.7 Å². The summed E-state index contributed by atoms with van der Waals surface area (Å²) in [6, 6.07) is 10.1. The number of nitrogens with zero attached hydrogens (tertiary/aromatic N) is 2. The lowest BCUT2D eigenvalue weighted by Crippen LogP contribution is -2.27. The van der Waals surface area contributed by atoms with Gasteiger partial charge in [-0.25, -0.2) is 0 Å². The highest BCUT2D eigenvalue weighted by atomic mass is 32.1. The van der Waals surface area contributed by atoms with E-state index in [1.165, 1.54) is 0 Å². The Hall–Kier alpha value is -1.81. The van der Waals surface area contributed by atoms with Crippen LogP contribution in [0.2, 0.25) is 0 Å². The third-order valence-electron chi connectivity index (χ3n) is 3.26. The summed E-state index contributed by atoms with van der Waals surface area (Å²) in [5, 5.41) is 1.08. The molecular weight excluding hydrogens is 268 g/mol. The standard InChI is InChI=1S/C16H17N2OS/c1-2-3-9-15-18(16-10-17-12-20-16)11-14(19-15)13-7-5-4-6-8-13/h4-8,10,12,15H,2-3,9H2,1H3. The van der Waals surface area contributed by atoms with Crippen molar-refractivity contribution in [2.45, 2.75) is 32.4 Å². The number of ether oxygens (including phenoxy) is 1. The Kier molecular flexibility index (Phi) is 4.02. The first-order valence-electron chi connectivity index (χ1n) is 6.92. The first kappa shape index (κ1) is 13.2. The van der Waals surface area contributed by atoms with Crippen molar-refractivity contribution in [1.82, 2.24) is 4.98 Å². The molecule has 0 fully saturated rings. The van der Waals surface area contributed by atoms with Crippen molar-refractivity contribution < 1.29 is 4.74 Å². The molecule has 1 atom stereocenters. The second-order valence-corrected chi connectivity index (χ2v) is 5.60. The van der Waals surface area contributed by atoms with Gasteiger partial charge in [0.1, 0.15) is 11.2 Å². The van der Waals surface area contributed by atoms with Crippen molar-refractivity contribution in [2.24, 2.45) is 0 Å². The van der Waals surface area contributed by atoms with Gasteiger partial charge in [-0.3, -0.25) is 9.88 Å². The van der Waals surface area contributed by atoms with E-state index in [2.05, 4.69) is 35.1 Å². The summed E-state index contributed by atoms with van der Waals surface area (Å²) in [6.07, 6.45) is 8.57. The Balaban J connectivity index is 1.85. The molecule has 1 unspecified atom stereocenters. The van der Waals surface area contributed by atoms with Gasteiger partial charge in [0.15, 0.2) is 12.0 Å². The fourth-order valence-electron chi connectivity index (χ4n) is 2.21. The molecular formula is C16H17N2OS. The minimum Gasteiger partial charge on any atom is -0.467 e. The van der Waals surface area contributed by atoms with Crippen LogP contribution in [-0.2, 0) is 4.74 Å². The fourth-order valence-corrected chi connectivity index (χ4v) is 2.84. The Morgan fingerprint density at radius 3 is 2.90 bits per heavy atom. The molecule has 0 saturated heterocycles. The predicted octanol–water partition coefficient (Wildman–Crippen LogP) is 4.30. The van der Waals surface area contributed by atoms with Crippen LogP contribution in [0.25, 0.3) is 5.76 Å². The Morgan fingerprint density at radius 1 is 1.35 bits per heavy atom. The lowest BCUT2D eigenvalue weighted by atomic mass is 10.2. The number of hydrogen-bond acceptors (Lipinski definition) is 4. The van der Waals surface area contributed by atoms with Gasteiger partial charge in [-0.2, -0.15) is 0 Å². The average molecular weight is 285 g/mol. The molecule has 0 N–H and O–H groups in total. The maximum Gasteiger partial charge on any atom is 0.177 e. The minimum atomic E-state index is 0.0330. The molecule has 1 aliphatic rings. The quantitative estimate of drug-likeness (QED) is 0.819. The van der Waals surface area contributed by atoms with E-state index < -0.39 is 0 Å². The molecule has 0 aliphatic carbocycles. The van der Waals surface area contributed by atoms with Gasteiger partial charge in [0.05, 0.1) is 11.7 Å². The summed E-state index contributed by atoms with van der Waals surface area (Å²) >= 11 is 1.61. The SMILES string of the molecule is CCCCC1OC(c2ccccc2)=[C]N1c1cncs1. The third-order valence-corrected chi connectivity index (χ3v) is 4.03. The number of unbranched alkanes of at least 4 members (excludes halogenated alkanes) is 1. The Bertz CT molecular complexity index is 565. The van der Waals surface area contributed by atoms with E-state index in [0.29, 0.717) is 0 Å². The highest BCUT2D eigenvalue weighted by molar-refractivity contribution is 7.13. The summed E-state index contributed by atoms with van der Waals surface area (Å²) in [5.41, 5.74) is 2.91. The Labute approximate surface area is 123 Å². The summed E-state index contributed by atoms with van der Waals surface area (Å²) in [7, 11) is 0. The normalized spacial score (nSPS) is 17.9. The molecule has 2 heterocycles. The first-order chi connectivity index (χ1) is 9.88. The van der Waals surface area contributed by atoms with Crippen LogP contribution >= 0.6 is 11.3 Å². The van der Waals surface area contributed by atoms with Gasteiger partial charge in [-0.05, 0) is 6.42 Å². The molecule has 1 radical (unpaired) electrons. The van der Waals surface area contributed by atoms with E-state index in [4.69, 9.17) is 4.74 Å². The van der Waals surface area contributed by atoms with Crippen molar-refractivity contribution >= 4 is 22.1 Å². The maximum absolute atomic E-state index is 6.10. The van der Waals surface area contributed by atoms with Crippen LogP contribution in [0, 0.1) is 6.20 Å². The van der Waals surface area contributed by atoms with E-state index in [1.54, 1.807) is 11.3 Å². The largest absolute Gasteiger partial charge is 0.467 e. The van der Waals surface area contributed by atoms with Crippen LogP contribution in [0.3, 0.4) is 0 Å². The highest BCUT2D eigenvalue weighted by Gasteiger charge is 2.28. The number of hydrogen-bond donors (Lipinski definition) is 0. The van der Waals surface area contributed by atoms with Gasteiger partial charge in [-0.1, -0.05) is 43.7 Å². The monoisotopic (exact) mass is 285 g/mol. The number of benzene rings is 1. The maximum atomic E-state index is 6.10. The van der Waals surface area contributed by atoms with E-state index in [0.717, 1.165) is 35.6 Å². The van der Waals surface area contributed by atoms with Crippen LogP contribution in [0.15, 0.2) is 42.0 Å². The topological polar surface area (TPSA) is 25.4 Å². The van der Waals surface area contributed by atoms with Crippen LogP contribution in [0.4, 0.5) is 5.00 Å². The number of aromatic nitrogens is 1. The molecule has 1 aromatic carbocycles. The van der Waals surface area contributed by atoms with E-state index in [-0.39, 0.29) is 6.23 Å². The molecule has 20 heavy (non-hydrogen) atoms. The van der Waals surface area contributed by atoms with Crippen LogP contribution in [0.5, 0.6) is 0 Å². The van der Waals surface area contributed by atoms with Gasteiger partial charge in [0.2, 0.25) is 0 Å². The summed E-state index contributed by atoms with van der Waals surface area (Å²) < 4.78 is 6.10. The van der Waals surface area contributed by atoms with Gasteiger partial charge < -0.3 is 4.74 Å². The average Bonchev–Trinajstić information content (AvgIpc) is 3.15. The summed E-state index contributed by atoms with van der Waals surface area (Å²) in [5.74, 6) is 0.820. The Morgan fingerprint density at radius 2 is 2.20 bits per heavy atom.